The highest BCUT2D eigenvalue weighted by atomic mass is 16.5. The Labute approximate surface area is 204 Å². The lowest BCUT2D eigenvalue weighted by Gasteiger charge is -2.19. The van der Waals surface area contributed by atoms with Crippen LogP contribution >= 0.6 is 0 Å². The molecule has 4 aromatic carbocycles. The normalized spacial score (nSPS) is 11.7. The highest BCUT2D eigenvalue weighted by Crippen LogP contribution is 2.28. The first-order valence-corrected chi connectivity index (χ1v) is 11.6. The molecule has 0 radical (unpaired) electrons. The molecule has 4 aromatic rings. The Morgan fingerprint density at radius 3 is 2.43 bits per heavy atom. The van der Waals surface area contributed by atoms with E-state index in [9.17, 15) is 9.59 Å². The number of carbonyl (C=O) groups is 2. The van der Waals surface area contributed by atoms with Gasteiger partial charge in [-0.1, -0.05) is 48.5 Å². The van der Waals surface area contributed by atoms with Crippen molar-refractivity contribution in [1.29, 1.82) is 0 Å². The van der Waals surface area contributed by atoms with Gasteiger partial charge in [-0.25, -0.2) is 0 Å². The average molecular weight is 469 g/mol. The second-order valence-electron chi connectivity index (χ2n) is 8.50. The minimum Gasteiger partial charge on any atom is -0.481 e. The Balaban J connectivity index is 1.60. The lowest BCUT2D eigenvalue weighted by molar-refractivity contribution is -0.137. The van der Waals surface area contributed by atoms with E-state index in [1.807, 2.05) is 55.5 Å². The molecule has 6 heteroatoms. The first-order valence-electron chi connectivity index (χ1n) is 11.6. The molecule has 4 N–H and O–H groups in total. The minimum absolute atomic E-state index is 0.0388. The van der Waals surface area contributed by atoms with Crippen LogP contribution < -0.4 is 15.8 Å². The molecule has 0 saturated heterocycles. The summed E-state index contributed by atoms with van der Waals surface area (Å²) in [6.45, 7) is 1.96. The van der Waals surface area contributed by atoms with Gasteiger partial charge in [0, 0.05) is 17.7 Å². The smallest absolute Gasteiger partial charge is 0.303 e. The van der Waals surface area contributed by atoms with Crippen molar-refractivity contribution in [2.24, 2.45) is 0 Å². The predicted octanol–water partition coefficient (Wildman–Crippen LogP) is 6.11. The number of nitrogen functional groups attached to an aromatic ring is 1. The Morgan fingerprint density at radius 1 is 0.943 bits per heavy atom. The molecule has 0 spiro atoms. The summed E-state index contributed by atoms with van der Waals surface area (Å²) in [6, 6.07) is 26.2. The van der Waals surface area contributed by atoms with Crippen LogP contribution in [0, 0.1) is 0 Å². The topological polar surface area (TPSA) is 102 Å². The Bertz CT molecular complexity index is 1340. The predicted molar refractivity (Wildman–Crippen MR) is 138 cm³/mol. The number of carbonyl (C=O) groups excluding carboxylic acids is 1. The molecule has 6 nitrogen and oxygen atoms in total. The van der Waals surface area contributed by atoms with Gasteiger partial charge in [0.15, 0.2) is 0 Å². The number of hydrogen-bond donors (Lipinski definition) is 3. The molecule has 0 aliphatic carbocycles. The van der Waals surface area contributed by atoms with Gasteiger partial charge in [0.25, 0.3) is 5.91 Å². The molecule has 178 valence electrons. The Hall–Kier alpha value is -4.32. The molecule has 0 saturated carbocycles. The zero-order valence-corrected chi connectivity index (χ0v) is 19.5. The van der Waals surface area contributed by atoms with E-state index >= 15 is 0 Å². The maximum absolute atomic E-state index is 13.4. The first kappa shape index (κ1) is 23.8. The minimum atomic E-state index is -0.858. The summed E-state index contributed by atoms with van der Waals surface area (Å²) in [7, 11) is 0. The molecule has 4 rings (SSSR count). The molecular formula is C29H28N2O4. The van der Waals surface area contributed by atoms with Gasteiger partial charge < -0.3 is 20.9 Å². The number of ether oxygens (including phenoxy) is 1. The number of carboxylic acid groups (broad SMARTS) is 1. The van der Waals surface area contributed by atoms with Gasteiger partial charge in [0.1, 0.15) is 11.5 Å². The van der Waals surface area contributed by atoms with E-state index in [2.05, 4.69) is 5.32 Å². The summed E-state index contributed by atoms with van der Waals surface area (Å²) in [5, 5.41) is 14.3. The number of aryl methyl sites for hydroxylation is 1. The summed E-state index contributed by atoms with van der Waals surface area (Å²) in [5.74, 6) is 0.0235. The molecule has 0 aliphatic rings. The Kier molecular flexibility index (Phi) is 7.31. The number of nitrogens with two attached hydrogens (primary N) is 1. The van der Waals surface area contributed by atoms with E-state index in [1.165, 1.54) is 0 Å². The third-order valence-corrected chi connectivity index (χ3v) is 5.92. The van der Waals surface area contributed by atoms with Gasteiger partial charge in [0.05, 0.1) is 6.04 Å². The van der Waals surface area contributed by atoms with Crippen molar-refractivity contribution in [3.05, 3.63) is 102 Å². The molecule has 0 bridgehead atoms. The fourth-order valence-corrected chi connectivity index (χ4v) is 4.13. The van der Waals surface area contributed by atoms with Crippen molar-refractivity contribution < 1.29 is 19.4 Å². The van der Waals surface area contributed by atoms with Gasteiger partial charge >= 0.3 is 5.97 Å². The first-order chi connectivity index (χ1) is 16.9. The summed E-state index contributed by atoms with van der Waals surface area (Å²) in [4.78, 5) is 24.4. The Morgan fingerprint density at radius 2 is 1.66 bits per heavy atom. The number of rotatable bonds is 9. The van der Waals surface area contributed by atoms with E-state index in [1.54, 1.807) is 36.4 Å². The van der Waals surface area contributed by atoms with Crippen LogP contribution in [0.15, 0.2) is 84.9 Å². The van der Waals surface area contributed by atoms with Gasteiger partial charge in [-0.05, 0) is 78.1 Å². The highest BCUT2D eigenvalue weighted by Gasteiger charge is 2.18. The van der Waals surface area contributed by atoms with Crippen molar-refractivity contribution in [3.63, 3.8) is 0 Å². The average Bonchev–Trinajstić information content (AvgIpc) is 2.85. The molecule has 1 atom stereocenters. The van der Waals surface area contributed by atoms with Crippen LogP contribution in [0.1, 0.15) is 47.3 Å². The van der Waals surface area contributed by atoms with Crippen LogP contribution in [0.2, 0.25) is 0 Å². The third-order valence-electron chi connectivity index (χ3n) is 5.92. The number of fused-ring (bicyclic) bond motifs is 1. The second kappa shape index (κ2) is 10.7. The number of amides is 1. The zero-order chi connectivity index (χ0) is 24.8. The number of carboxylic acids is 1. The van der Waals surface area contributed by atoms with E-state index in [0.717, 1.165) is 21.9 Å². The highest BCUT2D eigenvalue weighted by molar-refractivity contribution is 5.97. The standard InChI is InChI=1S/C29H28N2O4/c1-19(25-10-4-7-20-6-2-3-9-26(20)25)31-29(34)27-18-24(35-23-16-13-22(30)14-17-23)15-12-21(27)8-5-11-28(32)33/h2-4,6-7,9-10,12-19H,5,8,11,30H2,1H3,(H,31,34)(H,32,33)/t19-/m1/s1. The number of hydrogen-bond acceptors (Lipinski definition) is 4. The fraction of sp³-hybridized carbons (Fsp3) is 0.172. The van der Waals surface area contributed by atoms with Crippen molar-refractivity contribution in [2.75, 3.05) is 5.73 Å². The second-order valence-corrected chi connectivity index (χ2v) is 8.50. The molecular weight excluding hydrogens is 440 g/mol. The van der Waals surface area contributed by atoms with E-state index in [-0.39, 0.29) is 18.4 Å². The largest absolute Gasteiger partial charge is 0.481 e. The summed E-state index contributed by atoms with van der Waals surface area (Å²) in [5.41, 5.74) is 8.65. The van der Waals surface area contributed by atoms with E-state index in [0.29, 0.717) is 35.6 Å². The number of nitrogens with one attached hydrogen (secondary N) is 1. The van der Waals surface area contributed by atoms with Gasteiger partial charge in [-0.3, -0.25) is 9.59 Å². The van der Waals surface area contributed by atoms with Crippen molar-refractivity contribution in [2.45, 2.75) is 32.2 Å². The lowest BCUT2D eigenvalue weighted by atomic mass is 9.98. The van der Waals surface area contributed by atoms with E-state index in [4.69, 9.17) is 15.6 Å². The molecule has 0 fully saturated rings. The van der Waals surface area contributed by atoms with E-state index < -0.39 is 5.97 Å². The summed E-state index contributed by atoms with van der Waals surface area (Å²) < 4.78 is 5.94. The summed E-state index contributed by atoms with van der Waals surface area (Å²) in [6.07, 6.45) is 0.948. The van der Waals surface area contributed by atoms with Crippen molar-refractivity contribution >= 4 is 28.3 Å². The van der Waals surface area contributed by atoms with Crippen LogP contribution in [0.4, 0.5) is 5.69 Å². The summed E-state index contributed by atoms with van der Waals surface area (Å²) >= 11 is 0. The SMILES string of the molecule is C[C@@H](NC(=O)c1cc(Oc2ccc(N)cc2)ccc1CCCC(=O)O)c1cccc2ccccc12. The number of aliphatic carboxylic acids is 1. The van der Waals surface area contributed by atoms with Crippen LogP contribution in [0.25, 0.3) is 10.8 Å². The van der Waals surface area contributed by atoms with Crippen LogP contribution in [-0.2, 0) is 11.2 Å². The maximum atomic E-state index is 13.4. The monoisotopic (exact) mass is 468 g/mol. The van der Waals surface area contributed by atoms with Gasteiger partial charge in [-0.15, -0.1) is 0 Å². The zero-order valence-electron chi connectivity index (χ0n) is 19.5. The fourth-order valence-electron chi connectivity index (χ4n) is 4.13. The molecule has 0 heterocycles. The molecule has 35 heavy (non-hydrogen) atoms. The molecule has 0 aromatic heterocycles. The number of benzene rings is 4. The maximum Gasteiger partial charge on any atom is 0.303 e. The molecule has 1 amide bonds. The van der Waals surface area contributed by atoms with Crippen LogP contribution in [0.3, 0.4) is 0 Å². The molecule has 0 aliphatic heterocycles. The van der Waals surface area contributed by atoms with Crippen LogP contribution in [0.5, 0.6) is 11.5 Å². The number of anilines is 1. The lowest BCUT2D eigenvalue weighted by Crippen LogP contribution is -2.27. The van der Waals surface area contributed by atoms with Crippen molar-refractivity contribution in [1.82, 2.24) is 5.32 Å². The van der Waals surface area contributed by atoms with Crippen LogP contribution in [-0.4, -0.2) is 17.0 Å². The third kappa shape index (κ3) is 5.98. The molecule has 0 unspecified atom stereocenters. The van der Waals surface area contributed by atoms with Crippen molar-refractivity contribution in [3.8, 4) is 11.5 Å². The van der Waals surface area contributed by atoms with Gasteiger partial charge in [-0.2, -0.15) is 0 Å². The van der Waals surface area contributed by atoms with Gasteiger partial charge in [0.2, 0.25) is 0 Å². The quantitative estimate of drug-likeness (QED) is 0.257.